The summed E-state index contributed by atoms with van der Waals surface area (Å²) in [6.07, 6.45) is 2.05. The first-order valence-electron chi connectivity index (χ1n) is 13.0. The minimum Gasteiger partial charge on any atom is -0.465 e. The van der Waals surface area contributed by atoms with E-state index >= 15 is 4.39 Å². The zero-order valence-corrected chi connectivity index (χ0v) is 24.1. The van der Waals surface area contributed by atoms with Gasteiger partial charge in [0.25, 0.3) is 0 Å². The van der Waals surface area contributed by atoms with Crippen molar-refractivity contribution in [3.05, 3.63) is 84.1 Å². The molecule has 5 aromatic rings. The van der Waals surface area contributed by atoms with E-state index in [1.807, 2.05) is 6.07 Å². The molecule has 0 bridgehead atoms. The van der Waals surface area contributed by atoms with E-state index in [9.17, 15) is 23.5 Å². The lowest BCUT2D eigenvalue weighted by Crippen LogP contribution is -2.32. The highest BCUT2D eigenvalue weighted by Crippen LogP contribution is 2.39. The maximum atomic E-state index is 15.0. The minimum absolute atomic E-state index is 0.0717. The molecular weight excluding hydrogens is 601 g/mol. The number of imidazole rings is 1. The standard InChI is InChI=1S/C29H25F3N6O5S/c1-37-18(15-38(29(40)41)9-10-42-2)14-34-27(37)25-13-22-26(44-25)24(7-8-33-22)43-23-6-4-17(12-20(23)32)35-28(39)36-21-5-3-16(30)11-19(21)31/h3-8,11-14H,9-10,15H2,1-2H3,(H,40,41)(H2,35,36,39). The summed E-state index contributed by atoms with van der Waals surface area (Å²) in [5, 5.41) is 14.1. The summed E-state index contributed by atoms with van der Waals surface area (Å²) < 4.78 is 55.2. The van der Waals surface area contributed by atoms with Crippen LogP contribution in [0.5, 0.6) is 11.5 Å². The molecule has 3 N–H and O–H groups in total. The Bertz CT molecular complexity index is 1850. The summed E-state index contributed by atoms with van der Waals surface area (Å²) in [5.41, 5.74) is 1.09. The molecule has 3 amide bonds. The number of nitrogens with zero attached hydrogens (tertiary/aromatic N) is 4. The fourth-order valence-electron chi connectivity index (χ4n) is 4.22. The van der Waals surface area contributed by atoms with Crippen LogP contribution < -0.4 is 15.4 Å². The molecule has 228 valence electrons. The first-order chi connectivity index (χ1) is 21.1. The number of methoxy groups -OCH3 is 1. The van der Waals surface area contributed by atoms with Crippen LogP contribution in [0.25, 0.3) is 20.9 Å². The van der Waals surface area contributed by atoms with E-state index < -0.39 is 29.6 Å². The largest absolute Gasteiger partial charge is 0.465 e. The molecule has 15 heteroatoms. The summed E-state index contributed by atoms with van der Waals surface area (Å²) in [5.74, 6) is -1.72. The van der Waals surface area contributed by atoms with Gasteiger partial charge in [-0.3, -0.25) is 4.98 Å². The number of aromatic nitrogens is 3. The van der Waals surface area contributed by atoms with E-state index in [1.54, 1.807) is 23.9 Å². The number of carbonyl (C=O) groups excluding carboxylic acids is 1. The summed E-state index contributed by atoms with van der Waals surface area (Å²) >= 11 is 1.32. The van der Waals surface area contributed by atoms with Crippen molar-refractivity contribution in [3.8, 4) is 22.2 Å². The maximum absolute atomic E-state index is 15.0. The second-order valence-electron chi connectivity index (χ2n) is 9.41. The number of pyridine rings is 1. The number of benzene rings is 2. The van der Waals surface area contributed by atoms with Crippen molar-refractivity contribution in [1.82, 2.24) is 19.4 Å². The third kappa shape index (κ3) is 6.74. The number of hydrogen-bond donors (Lipinski definition) is 3. The van der Waals surface area contributed by atoms with Crippen molar-refractivity contribution >= 4 is 45.1 Å². The fourth-order valence-corrected chi connectivity index (χ4v) is 5.32. The highest BCUT2D eigenvalue weighted by Gasteiger charge is 2.19. The predicted molar refractivity (Wildman–Crippen MR) is 158 cm³/mol. The normalized spacial score (nSPS) is 11.0. The van der Waals surface area contributed by atoms with Gasteiger partial charge in [-0.25, -0.2) is 27.7 Å². The Kier molecular flexibility index (Phi) is 8.96. The average molecular weight is 627 g/mol. The molecule has 11 nitrogen and oxygen atoms in total. The Morgan fingerprint density at radius 2 is 1.84 bits per heavy atom. The first kappa shape index (κ1) is 30.3. The lowest BCUT2D eigenvalue weighted by molar-refractivity contribution is 0.114. The molecule has 0 unspecified atom stereocenters. The third-order valence-corrected chi connectivity index (χ3v) is 7.59. The van der Waals surface area contributed by atoms with Crippen molar-refractivity contribution in [2.45, 2.75) is 6.54 Å². The Balaban J connectivity index is 1.31. The number of amides is 3. The van der Waals surface area contributed by atoms with Crippen LogP contribution in [-0.2, 0) is 18.3 Å². The molecule has 44 heavy (non-hydrogen) atoms. The van der Waals surface area contributed by atoms with Crippen LogP contribution in [0, 0.1) is 17.5 Å². The van der Waals surface area contributed by atoms with Gasteiger partial charge in [0.05, 0.1) is 45.8 Å². The van der Waals surface area contributed by atoms with E-state index in [2.05, 4.69) is 20.6 Å². The molecule has 3 aromatic heterocycles. The summed E-state index contributed by atoms with van der Waals surface area (Å²) in [4.78, 5) is 34.7. The summed E-state index contributed by atoms with van der Waals surface area (Å²) in [6, 6.07) is 9.00. The molecule has 5 rings (SSSR count). The number of rotatable bonds is 10. The van der Waals surface area contributed by atoms with Crippen molar-refractivity contribution in [1.29, 1.82) is 0 Å². The number of nitrogens with one attached hydrogen (secondary N) is 2. The molecular formula is C29H25F3N6O5S. The van der Waals surface area contributed by atoms with Gasteiger partial charge in [-0.15, -0.1) is 11.3 Å². The number of ether oxygens (including phenoxy) is 2. The average Bonchev–Trinajstić information content (AvgIpc) is 3.57. The molecule has 2 aromatic carbocycles. The van der Waals surface area contributed by atoms with Crippen LogP contribution in [0.1, 0.15) is 5.69 Å². The van der Waals surface area contributed by atoms with Crippen LogP contribution in [0.15, 0.2) is 60.9 Å². The van der Waals surface area contributed by atoms with Crippen molar-refractivity contribution in [2.75, 3.05) is 30.9 Å². The van der Waals surface area contributed by atoms with E-state index in [4.69, 9.17) is 9.47 Å². The zero-order valence-electron chi connectivity index (χ0n) is 23.3. The molecule has 0 atom stereocenters. The summed E-state index contributed by atoms with van der Waals surface area (Å²) in [6.45, 7) is 0.584. The molecule has 0 aliphatic carbocycles. The molecule has 3 heterocycles. The van der Waals surface area contributed by atoms with Crippen LogP contribution in [-0.4, -0.2) is 56.9 Å². The number of carboxylic acid groups (broad SMARTS) is 1. The predicted octanol–water partition coefficient (Wildman–Crippen LogP) is 6.68. The fraction of sp³-hybridized carbons (Fsp3) is 0.172. The van der Waals surface area contributed by atoms with Gasteiger partial charge in [0.2, 0.25) is 0 Å². The van der Waals surface area contributed by atoms with Crippen molar-refractivity contribution < 1.29 is 37.3 Å². The topological polar surface area (TPSA) is 131 Å². The number of anilines is 2. The molecule has 0 aliphatic heterocycles. The second-order valence-corrected chi connectivity index (χ2v) is 10.5. The van der Waals surface area contributed by atoms with Crippen molar-refractivity contribution in [3.63, 3.8) is 0 Å². The lowest BCUT2D eigenvalue weighted by atomic mass is 10.2. The van der Waals surface area contributed by atoms with Crippen LogP contribution in [0.2, 0.25) is 0 Å². The minimum atomic E-state index is -1.07. The first-order valence-corrected chi connectivity index (χ1v) is 13.8. The zero-order chi connectivity index (χ0) is 31.4. The maximum Gasteiger partial charge on any atom is 0.407 e. The van der Waals surface area contributed by atoms with Gasteiger partial charge in [0.15, 0.2) is 11.6 Å². The van der Waals surface area contributed by atoms with E-state index in [0.29, 0.717) is 33.6 Å². The van der Waals surface area contributed by atoms with Crippen LogP contribution >= 0.6 is 11.3 Å². The van der Waals surface area contributed by atoms with Crippen LogP contribution in [0.4, 0.5) is 34.1 Å². The van der Waals surface area contributed by atoms with E-state index in [-0.39, 0.29) is 36.8 Å². The number of carbonyl (C=O) groups is 2. The Hall–Kier alpha value is -5.15. The third-order valence-electron chi connectivity index (χ3n) is 6.46. The Morgan fingerprint density at radius 3 is 2.57 bits per heavy atom. The van der Waals surface area contributed by atoms with Gasteiger partial charge in [-0.2, -0.15) is 0 Å². The highest BCUT2D eigenvalue weighted by molar-refractivity contribution is 7.22. The highest BCUT2D eigenvalue weighted by atomic mass is 32.1. The molecule has 0 saturated heterocycles. The van der Waals surface area contributed by atoms with Gasteiger partial charge in [-0.1, -0.05) is 0 Å². The van der Waals surface area contributed by atoms with E-state index in [0.717, 1.165) is 23.1 Å². The van der Waals surface area contributed by atoms with Gasteiger partial charge in [0.1, 0.15) is 23.2 Å². The molecule has 0 aliphatic rings. The van der Waals surface area contributed by atoms with Gasteiger partial charge in [0, 0.05) is 50.8 Å². The SMILES string of the molecule is COCCN(Cc1cnc(-c2cc3nccc(Oc4ccc(NC(=O)Nc5ccc(F)cc5F)cc4F)c3s2)n1C)C(=O)O. The second kappa shape index (κ2) is 13.0. The number of hydrogen-bond acceptors (Lipinski definition) is 7. The quantitative estimate of drug-likeness (QED) is 0.158. The van der Waals surface area contributed by atoms with E-state index in [1.165, 1.54) is 41.7 Å². The van der Waals surface area contributed by atoms with Crippen molar-refractivity contribution in [2.24, 2.45) is 7.05 Å². The molecule has 0 fully saturated rings. The number of urea groups is 1. The lowest BCUT2D eigenvalue weighted by Gasteiger charge is -2.18. The molecule has 0 saturated carbocycles. The summed E-state index contributed by atoms with van der Waals surface area (Å²) in [7, 11) is 3.28. The number of thiophene rings is 1. The van der Waals surface area contributed by atoms with Crippen LogP contribution in [0.3, 0.4) is 0 Å². The Morgan fingerprint density at radius 1 is 1.02 bits per heavy atom. The molecule has 0 spiro atoms. The van der Waals surface area contributed by atoms with Gasteiger partial charge in [-0.05, 0) is 30.3 Å². The smallest absolute Gasteiger partial charge is 0.407 e. The van der Waals surface area contributed by atoms with Gasteiger partial charge < -0.3 is 34.7 Å². The van der Waals surface area contributed by atoms with Gasteiger partial charge >= 0.3 is 12.1 Å². The molecule has 0 radical (unpaired) electrons. The number of fused-ring (bicyclic) bond motifs is 1. The monoisotopic (exact) mass is 626 g/mol. The number of halogens is 3. The Labute approximate surface area is 252 Å².